The second kappa shape index (κ2) is 8.77. The van der Waals surface area contributed by atoms with E-state index in [4.69, 9.17) is 14.9 Å². The van der Waals surface area contributed by atoms with Crippen molar-refractivity contribution in [2.75, 3.05) is 19.0 Å². The lowest BCUT2D eigenvalue weighted by molar-refractivity contribution is 0.0706. The zero-order chi connectivity index (χ0) is 20.9. The number of anilines is 2. The summed E-state index contributed by atoms with van der Waals surface area (Å²) in [6, 6.07) is 23.2. The molecular weight excluding hydrogens is 380 g/mol. The largest absolute Gasteiger partial charge is 0.383 e. The first-order valence-electron chi connectivity index (χ1n) is 9.56. The van der Waals surface area contributed by atoms with Gasteiger partial charge in [0.05, 0.1) is 17.6 Å². The van der Waals surface area contributed by atoms with Gasteiger partial charge in [-0.2, -0.15) is 0 Å². The highest BCUT2D eigenvalue weighted by Crippen LogP contribution is 2.28. The molecule has 1 aromatic heterocycles. The van der Waals surface area contributed by atoms with Crippen molar-refractivity contribution in [3.63, 3.8) is 0 Å². The average Bonchev–Trinajstić information content (AvgIpc) is 3.14. The Morgan fingerprint density at radius 1 is 1.03 bits per heavy atom. The Labute approximate surface area is 173 Å². The summed E-state index contributed by atoms with van der Waals surface area (Å²) in [4.78, 5) is 16.3. The Balaban J connectivity index is 1.69. The molecule has 4 aromatic rings. The minimum Gasteiger partial charge on any atom is -0.383 e. The Morgan fingerprint density at radius 3 is 2.50 bits per heavy atom. The number of carbonyl (C=O) groups is 1. The van der Waals surface area contributed by atoms with E-state index in [1.807, 2.05) is 18.2 Å². The first-order chi connectivity index (χ1) is 14.7. The smallest absolute Gasteiger partial charge is 0.274 e. The highest BCUT2D eigenvalue weighted by Gasteiger charge is 2.13. The number of hydrogen-bond acceptors (Lipinski definition) is 5. The van der Waals surface area contributed by atoms with Crippen molar-refractivity contribution < 1.29 is 14.7 Å². The van der Waals surface area contributed by atoms with Gasteiger partial charge < -0.3 is 14.6 Å². The molecule has 3 N–H and O–H groups in total. The van der Waals surface area contributed by atoms with Gasteiger partial charge in [0.2, 0.25) is 5.95 Å². The molecule has 30 heavy (non-hydrogen) atoms. The zero-order valence-electron chi connectivity index (χ0n) is 16.5. The number of imidazole rings is 1. The number of rotatable bonds is 7. The molecule has 0 aliphatic carbocycles. The third-order valence-corrected chi connectivity index (χ3v) is 4.88. The fourth-order valence-corrected chi connectivity index (χ4v) is 3.34. The third kappa shape index (κ3) is 4.03. The van der Waals surface area contributed by atoms with E-state index in [1.54, 1.807) is 36.9 Å². The molecule has 0 atom stereocenters. The van der Waals surface area contributed by atoms with Crippen LogP contribution in [0.3, 0.4) is 0 Å². The Hall–Kier alpha value is -3.68. The summed E-state index contributed by atoms with van der Waals surface area (Å²) in [7, 11) is 1.67. The van der Waals surface area contributed by atoms with Gasteiger partial charge >= 0.3 is 0 Å². The number of aromatic nitrogens is 2. The molecule has 1 amide bonds. The summed E-state index contributed by atoms with van der Waals surface area (Å²) in [6.07, 6.45) is 0. The van der Waals surface area contributed by atoms with Crippen molar-refractivity contribution in [2.45, 2.75) is 6.54 Å². The summed E-state index contributed by atoms with van der Waals surface area (Å²) < 4.78 is 7.34. The number of hydroxylamine groups is 1. The van der Waals surface area contributed by atoms with Gasteiger partial charge in [0, 0.05) is 24.9 Å². The Kier molecular flexibility index (Phi) is 5.74. The summed E-state index contributed by atoms with van der Waals surface area (Å²) in [5.41, 5.74) is 6.90. The van der Waals surface area contributed by atoms with Crippen LogP contribution in [0, 0.1) is 0 Å². The number of hydrogen-bond donors (Lipinski definition) is 3. The first kappa shape index (κ1) is 19.6. The molecule has 152 valence electrons. The highest BCUT2D eigenvalue weighted by molar-refractivity contribution is 5.93. The van der Waals surface area contributed by atoms with Crippen LogP contribution in [0.2, 0.25) is 0 Å². The number of ether oxygens (including phenoxy) is 1. The molecule has 3 aromatic carbocycles. The van der Waals surface area contributed by atoms with E-state index >= 15 is 0 Å². The van der Waals surface area contributed by atoms with Gasteiger partial charge in [-0.3, -0.25) is 10.0 Å². The lowest BCUT2D eigenvalue weighted by atomic mass is 10.1. The van der Waals surface area contributed by atoms with E-state index in [9.17, 15) is 4.79 Å². The second-order valence-electron chi connectivity index (χ2n) is 6.79. The second-order valence-corrected chi connectivity index (χ2v) is 6.79. The van der Waals surface area contributed by atoms with Crippen molar-refractivity contribution in [3.8, 4) is 11.1 Å². The topological polar surface area (TPSA) is 88.4 Å². The van der Waals surface area contributed by atoms with Crippen LogP contribution in [0.1, 0.15) is 10.4 Å². The van der Waals surface area contributed by atoms with Crippen molar-refractivity contribution in [1.82, 2.24) is 15.0 Å². The van der Waals surface area contributed by atoms with Crippen molar-refractivity contribution >= 4 is 28.6 Å². The lowest BCUT2D eigenvalue weighted by Crippen LogP contribution is -2.18. The predicted octanol–water partition coefficient (Wildman–Crippen LogP) is 4.21. The highest BCUT2D eigenvalue weighted by atomic mass is 16.5. The predicted molar refractivity (Wildman–Crippen MR) is 116 cm³/mol. The molecular formula is C23H22N4O3. The minimum atomic E-state index is -0.553. The van der Waals surface area contributed by atoms with Crippen LogP contribution in [0.4, 0.5) is 11.6 Å². The molecule has 0 saturated heterocycles. The molecule has 0 aliphatic heterocycles. The fourth-order valence-electron chi connectivity index (χ4n) is 3.34. The number of nitrogens with zero attached hydrogens (tertiary/aromatic N) is 2. The van der Waals surface area contributed by atoms with E-state index in [-0.39, 0.29) is 0 Å². The number of methoxy groups -OCH3 is 1. The SMILES string of the molecule is COCCn1c(Nc2ccc(C(=O)NO)cc2)nc2cc(-c3ccccc3)ccc21. The van der Waals surface area contributed by atoms with Gasteiger partial charge in [0.25, 0.3) is 5.91 Å². The molecule has 7 nitrogen and oxygen atoms in total. The summed E-state index contributed by atoms with van der Waals surface area (Å²) >= 11 is 0. The Bertz CT molecular complexity index is 1150. The summed E-state index contributed by atoms with van der Waals surface area (Å²) in [5.74, 6) is 0.133. The average molecular weight is 402 g/mol. The van der Waals surface area contributed by atoms with Gasteiger partial charge in [-0.25, -0.2) is 10.5 Å². The molecule has 0 bridgehead atoms. The molecule has 0 aliphatic rings. The monoisotopic (exact) mass is 402 g/mol. The van der Waals surface area contributed by atoms with E-state index in [0.29, 0.717) is 24.7 Å². The Morgan fingerprint density at radius 2 is 1.80 bits per heavy atom. The van der Waals surface area contributed by atoms with Gasteiger partial charge in [0.1, 0.15) is 0 Å². The maximum absolute atomic E-state index is 11.5. The third-order valence-electron chi connectivity index (χ3n) is 4.88. The molecule has 0 saturated carbocycles. The van der Waals surface area contributed by atoms with Crippen LogP contribution < -0.4 is 10.8 Å². The number of carbonyl (C=O) groups excluding carboxylic acids is 1. The number of fused-ring (bicyclic) bond motifs is 1. The van der Waals surface area contributed by atoms with Crippen LogP contribution in [0.15, 0.2) is 72.8 Å². The van der Waals surface area contributed by atoms with Crippen LogP contribution in [-0.4, -0.2) is 34.4 Å². The number of benzene rings is 3. The lowest BCUT2D eigenvalue weighted by Gasteiger charge is -2.11. The standard InChI is InChI=1S/C23H22N4O3/c1-30-14-13-27-21-12-9-18(16-5-3-2-4-6-16)15-20(21)25-23(27)24-19-10-7-17(8-11-19)22(28)26-29/h2-12,15,29H,13-14H2,1H3,(H,24,25)(H,26,28). The number of amides is 1. The normalized spacial score (nSPS) is 10.9. The van der Waals surface area contributed by atoms with Crippen LogP contribution in [-0.2, 0) is 11.3 Å². The van der Waals surface area contributed by atoms with Crippen molar-refractivity contribution in [1.29, 1.82) is 0 Å². The fraction of sp³-hybridized carbons (Fsp3) is 0.130. The summed E-state index contributed by atoms with van der Waals surface area (Å²) in [5, 5.41) is 12.1. The van der Waals surface area contributed by atoms with Gasteiger partial charge in [-0.05, 0) is 47.5 Å². The maximum Gasteiger partial charge on any atom is 0.274 e. The minimum absolute atomic E-state index is 0.364. The quantitative estimate of drug-likeness (QED) is 0.318. The molecule has 0 fully saturated rings. The van der Waals surface area contributed by atoms with Crippen molar-refractivity contribution in [3.05, 3.63) is 78.4 Å². The summed E-state index contributed by atoms with van der Waals surface area (Å²) in [6.45, 7) is 1.20. The molecule has 7 heteroatoms. The van der Waals surface area contributed by atoms with Gasteiger partial charge in [0.15, 0.2) is 0 Å². The first-order valence-corrected chi connectivity index (χ1v) is 9.56. The van der Waals surface area contributed by atoms with Crippen LogP contribution in [0.5, 0.6) is 0 Å². The van der Waals surface area contributed by atoms with E-state index < -0.39 is 5.91 Å². The van der Waals surface area contributed by atoms with Crippen LogP contribution in [0.25, 0.3) is 22.2 Å². The molecule has 0 unspecified atom stereocenters. The molecule has 4 rings (SSSR count). The van der Waals surface area contributed by atoms with Gasteiger partial charge in [-0.15, -0.1) is 0 Å². The maximum atomic E-state index is 11.5. The zero-order valence-corrected chi connectivity index (χ0v) is 16.5. The molecule has 1 heterocycles. The van der Waals surface area contributed by atoms with Crippen LogP contribution >= 0.6 is 0 Å². The van der Waals surface area contributed by atoms with Crippen molar-refractivity contribution in [2.24, 2.45) is 0 Å². The van der Waals surface area contributed by atoms with E-state index in [0.717, 1.165) is 27.8 Å². The molecule has 0 spiro atoms. The number of nitrogens with one attached hydrogen (secondary N) is 2. The van der Waals surface area contributed by atoms with E-state index in [1.165, 1.54) is 0 Å². The van der Waals surface area contributed by atoms with E-state index in [2.05, 4.69) is 40.2 Å². The van der Waals surface area contributed by atoms with Gasteiger partial charge in [-0.1, -0.05) is 36.4 Å². The molecule has 0 radical (unpaired) electrons.